The number of carbonyl (C=O) groups is 1. The summed E-state index contributed by atoms with van der Waals surface area (Å²) in [4.78, 5) is 12.1. The van der Waals surface area contributed by atoms with E-state index in [0.29, 0.717) is 24.3 Å². The molecule has 23 heavy (non-hydrogen) atoms. The summed E-state index contributed by atoms with van der Waals surface area (Å²) >= 11 is 2.09. The minimum atomic E-state index is -3.85. The number of esters is 1. The maximum Gasteiger partial charge on any atom is 0.330 e. The van der Waals surface area contributed by atoms with Crippen LogP contribution in [0.2, 0.25) is 0 Å². The van der Waals surface area contributed by atoms with Crippen molar-refractivity contribution in [2.24, 2.45) is 0 Å². The molecular weight excluding hydrogens is 433 g/mol. The van der Waals surface area contributed by atoms with E-state index in [2.05, 4.69) is 22.6 Å². The van der Waals surface area contributed by atoms with Crippen molar-refractivity contribution in [1.82, 2.24) is 4.31 Å². The Morgan fingerprint density at radius 1 is 1.30 bits per heavy atom. The normalized spacial score (nSPS) is 18.3. The van der Waals surface area contributed by atoms with Gasteiger partial charge in [-0.25, -0.2) is 13.2 Å². The van der Waals surface area contributed by atoms with E-state index in [0.717, 1.165) is 3.58 Å². The smallest absolute Gasteiger partial charge is 0.330 e. The van der Waals surface area contributed by atoms with Gasteiger partial charge in [-0.05, 0) is 53.3 Å². The van der Waals surface area contributed by atoms with E-state index in [9.17, 15) is 13.2 Å². The number of halogens is 1. The van der Waals surface area contributed by atoms with Crippen LogP contribution in [0.25, 0.3) is 0 Å². The number of sulfonamides is 1. The average molecular weight is 451 g/mol. The first-order valence-corrected chi connectivity index (χ1v) is 9.52. The molecule has 0 amide bonds. The molecule has 0 aliphatic carbocycles. The third-order valence-electron chi connectivity index (χ3n) is 3.66. The van der Waals surface area contributed by atoms with Crippen LogP contribution < -0.4 is 4.74 Å². The van der Waals surface area contributed by atoms with Crippen LogP contribution in [0.15, 0.2) is 38.4 Å². The first kappa shape index (κ1) is 18.1. The highest BCUT2D eigenvalue weighted by molar-refractivity contribution is 14.1. The van der Waals surface area contributed by atoms with Gasteiger partial charge in [-0.15, -0.1) is 0 Å². The van der Waals surface area contributed by atoms with Crippen molar-refractivity contribution in [3.8, 4) is 5.75 Å². The molecule has 1 aliphatic heterocycles. The summed E-state index contributed by atoms with van der Waals surface area (Å²) in [5.74, 6) is 0.00966. The topological polar surface area (TPSA) is 72.9 Å². The molecule has 0 bridgehead atoms. The van der Waals surface area contributed by atoms with Crippen molar-refractivity contribution in [2.45, 2.75) is 30.7 Å². The van der Waals surface area contributed by atoms with Gasteiger partial charge in [0, 0.05) is 15.7 Å². The van der Waals surface area contributed by atoms with E-state index in [1.165, 1.54) is 30.7 Å². The van der Waals surface area contributed by atoms with Crippen LogP contribution in [0.5, 0.6) is 5.75 Å². The summed E-state index contributed by atoms with van der Waals surface area (Å²) in [6, 6.07) is 5.25. The molecule has 1 aromatic rings. The molecule has 0 saturated carbocycles. The predicted molar refractivity (Wildman–Crippen MR) is 93.8 cm³/mol. The predicted octanol–water partition coefficient (Wildman–Crippen LogP) is 2.69. The van der Waals surface area contributed by atoms with Crippen LogP contribution in [-0.4, -0.2) is 39.0 Å². The van der Waals surface area contributed by atoms with E-state index >= 15 is 0 Å². The summed E-state index contributed by atoms with van der Waals surface area (Å²) in [6.45, 7) is 1.87. The molecule has 0 N–H and O–H groups in total. The lowest BCUT2D eigenvalue weighted by Gasteiger charge is -2.27. The molecule has 0 saturated heterocycles. The van der Waals surface area contributed by atoms with E-state index in [1.54, 1.807) is 12.1 Å². The molecule has 1 aliphatic rings. The maximum absolute atomic E-state index is 13.0. The number of ether oxygens (including phenoxy) is 2. The number of nitrogens with zero attached hydrogens (tertiary/aromatic N) is 1. The van der Waals surface area contributed by atoms with Crippen molar-refractivity contribution in [1.29, 1.82) is 0 Å². The van der Waals surface area contributed by atoms with Crippen LogP contribution >= 0.6 is 22.6 Å². The third kappa shape index (κ3) is 3.32. The molecule has 0 fully saturated rings. The van der Waals surface area contributed by atoms with Gasteiger partial charge in [0.2, 0.25) is 0 Å². The lowest BCUT2D eigenvalue weighted by molar-refractivity contribution is -0.144. The highest BCUT2D eigenvalue weighted by Gasteiger charge is 2.43. The second-order valence-corrected chi connectivity index (χ2v) is 8.04. The highest BCUT2D eigenvalue weighted by atomic mass is 127. The Morgan fingerprint density at radius 3 is 2.39 bits per heavy atom. The number of carbonyl (C=O) groups excluding carboxylic acids is 1. The van der Waals surface area contributed by atoms with E-state index in [1.807, 2.05) is 6.92 Å². The van der Waals surface area contributed by atoms with Gasteiger partial charge in [0.15, 0.2) is 0 Å². The van der Waals surface area contributed by atoms with Gasteiger partial charge >= 0.3 is 5.97 Å². The number of benzene rings is 1. The quantitative estimate of drug-likeness (QED) is 0.509. The molecule has 1 atom stereocenters. The van der Waals surface area contributed by atoms with Gasteiger partial charge < -0.3 is 9.47 Å². The first-order valence-electron chi connectivity index (χ1n) is 7.00. The van der Waals surface area contributed by atoms with Gasteiger partial charge in [0.1, 0.15) is 11.8 Å². The third-order valence-corrected chi connectivity index (χ3v) is 6.58. The van der Waals surface area contributed by atoms with Gasteiger partial charge in [0.05, 0.1) is 19.1 Å². The Kier molecular flexibility index (Phi) is 5.56. The number of hydrogen-bond acceptors (Lipinski definition) is 5. The molecule has 0 aromatic heterocycles. The standard InChI is InChI=1S/C15H18INO5S/c1-4-13-12(16)9-14(15(18)22-3)17(13)23(19,20)11-7-5-10(21-2)6-8-11/h5-8,14H,4,9H2,1-3H3/t14-/m0/s1. The zero-order chi connectivity index (χ0) is 17.2. The SMILES string of the molecule is CCC1=C(I)C[C@@H](C(=O)OC)N1S(=O)(=O)c1ccc(OC)cc1. The van der Waals surface area contributed by atoms with Crippen LogP contribution in [-0.2, 0) is 19.6 Å². The Balaban J connectivity index is 2.50. The second-order valence-electron chi connectivity index (χ2n) is 4.92. The number of hydrogen-bond donors (Lipinski definition) is 0. The minimum absolute atomic E-state index is 0.115. The fraction of sp³-hybridized carbons (Fsp3) is 0.400. The van der Waals surface area contributed by atoms with Crippen molar-refractivity contribution in [2.75, 3.05) is 14.2 Å². The number of allylic oxidation sites excluding steroid dienone is 1. The highest BCUT2D eigenvalue weighted by Crippen LogP contribution is 2.39. The van der Waals surface area contributed by atoms with Gasteiger partial charge in [0.25, 0.3) is 10.0 Å². The van der Waals surface area contributed by atoms with Crippen LogP contribution in [0.1, 0.15) is 19.8 Å². The van der Waals surface area contributed by atoms with Gasteiger partial charge in [-0.2, -0.15) is 0 Å². The zero-order valence-corrected chi connectivity index (χ0v) is 16.0. The number of rotatable bonds is 5. The lowest BCUT2D eigenvalue weighted by Crippen LogP contribution is -2.41. The molecule has 126 valence electrons. The van der Waals surface area contributed by atoms with Crippen molar-refractivity contribution >= 4 is 38.6 Å². The van der Waals surface area contributed by atoms with Crippen molar-refractivity contribution < 1.29 is 22.7 Å². The summed E-state index contributed by atoms with van der Waals surface area (Å²) in [6.07, 6.45) is 0.854. The molecule has 1 heterocycles. The molecule has 2 rings (SSSR count). The van der Waals surface area contributed by atoms with Gasteiger partial charge in [-0.1, -0.05) is 6.92 Å². The summed E-state index contributed by atoms with van der Waals surface area (Å²) in [7, 11) is -1.08. The Bertz CT molecular complexity index is 727. The minimum Gasteiger partial charge on any atom is -0.497 e. The van der Waals surface area contributed by atoms with Crippen LogP contribution in [0, 0.1) is 0 Å². The largest absolute Gasteiger partial charge is 0.497 e. The second kappa shape index (κ2) is 7.08. The van der Waals surface area contributed by atoms with Crippen molar-refractivity contribution in [3.63, 3.8) is 0 Å². The van der Waals surface area contributed by atoms with Crippen LogP contribution in [0.3, 0.4) is 0 Å². The summed E-state index contributed by atoms with van der Waals surface area (Å²) < 4.78 is 37.9. The Morgan fingerprint density at radius 2 is 1.91 bits per heavy atom. The molecular formula is C15H18INO5S. The molecule has 0 spiro atoms. The first-order chi connectivity index (χ1) is 10.9. The summed E-state index contributed by atoms with van der Waals surface area (Å²) in [5, 5.41) is 0. The fourth-order valence-corrected chi connectivity index (χ4v) is 5.47. The Labute approximate surface area is 149 Å². The molecule has 8 heteroatoms. The number of methoxy groups -OCH3 is 2. The average Bonchev–Trinajstić information content (AvgIpc) is 2.91. The molecule has 6 nitrogen and oxygen atoms in total. The van der Waals surface area contributed by atoms with Gasteiger partial charge in [-0.3, -0.25) is 4.31 Å². The lowest BCUT2D eigenvalue weighted by atomic mass is 10.2. The zero-order valence-electron chi connectivity index (χ0n) is 13.1. The van der Waals surface area contributed by atoms with E-state index in [-0.39, 0.29) is 4.90 Å². The fourth-order valence-electron chi connectivity index (χ4n) is 2.51. The monoisotopic (exact) mass is 451 g/mol. The maximum atomic E-state index is 13.0. The molecule has 0 unspecified atom stereocenters. The molecule has 1 aromatic carbocycles. The van der Waals surface area contributed by atoms with Crippen molar-refractivity contribution in [3.05, 3.63) is 33.5 Å². The van der Waals surface area contributed by atoms with Crippen LogP contribution in [0.4, 0.5) is 0 Å². The Hall–Kier alpha value is -1.29. The van der Waals surface area contributed by atoms with E-state index < -0.39 is 22.0 Å². The summed E-state index contributed by atoms with van der Waals surface area (Å²) in [5.41, 5.74) is 0.636. The van der Waals surface area contributed by atoms with E-state index in [4.69, 9.17) is 9.47 Å². The molecule has 0 radical (unpaired) electrons.